The van der Waals surface area contributed by atoms with E-state index in [-0.39, 0.29) is 30.9 Å². The molecule has 0 radical (unpaired) electrons. The van der Waals surface area contributed by atoms with Crippen molar-refractivity contribution in [1.82, 2.24) is 29.9 Å². The maximum absolute atomic E-state index is 10.5. The molecule has 10 heteroatoms. The zero-order chi connectivity index (χ0) is 16.3. The Bertz CT molecular complexity index is 773. The Morgan fingerprint density at radius 2 is 2.17 bits per heavy atom. The van der Waals surface area contributed by atoms with Gasteiger partial charge in [0.2, 0.25) is 5.82 Å². The molecule has 0 aromatic carbocycles. The molecule has 0 aliphatic heterocycles. The molecular weight excluding hydrogens is 368 g/mol. The molecule has 0 saturated carbocycles. The van der Waals surface area contributed by atoms with Gasteiger partial charge in [0.1, 0.15) is 0 Å². The predicted molar refractivity (Wildman–Crippen MR) is 80.2 cm³/mol. The van der Waals surface area contributed by atoms with Crippen LogP contribution in [0.2, 0.25) is 0 Å². The third-order valence-corrected chi connectivity index (χ3v) is 3.28. The fourth-order valence-corrected chi connectivity index (χ4v) is 2.16. The molecule has 0 aliphatic rings. The third-order valence-electron chi connectivity index (χ3n) is 2.87. The summed E-state index contributed by atoms with van der Waals surface area (Å²) in [4.78, 5) is 12.0. The lowest BCUT2D eigenvalue weighted by Gasteiger charge is -2.18. The van der Waals surface area contributed by atoms with E-state index < -0.39 is 5.60 Å². The highest BCUT2D eigenvalue weighted by atomic mass is 79.9. The van der Waals surface area contributed by atoms with Crippen LogP contribution in [-0.4, -0.2) is 35.0 Å². The summed E-state index contributed by atoms with van der Waals surface area (Å²) in [6, 6.07) is 1.90. The lowest BCUT2D eigenvalue weighted by Crippen LogP contribution is -2.28. The zero-order valence-corrected chi connectivity index (χ0v) is 13.7. The second-order valence-corrected chi connectivity index (χ2v) is 5.88. The van der Waals surface area contributed by atoms with Gasteiger partial charge in [-0.05, 0) is 28.9 Å². The van der Waals surface area contributed by atoms with Crippen LogP contribution in [0, 0.1) is 0 Å². The first-order valence-corrected chi connectivity index (χ1v) is 7.45. The van der Waals surface area contributed by atoms with Crippen molar-refractivity contribution < 1.29 is 14.4 Å². The minimum Gasteiger partial charge on any atom is -0.455 e. The Morgan fingerprint density at radius 3 is 2.87 bits per heavy atom. The highest BCUT2D eigenvalue weighted by Crippen LogP contribution is 2.21. The Kier molecular flexibility index (Phi) is 4.35. The van der Waals surface area contributed by atoms with Gasteiger partial charge in [-0.15, -0.1) is 0 Å². The molecule has 0 bridgehead atoms. The molecule has 0 aliphatic carbocycles. The number of nitrogens with zero attached hydrogens (tertiary/aromatic N) is 6. The molecule has 0 amide bonds. The van der Waals surface area contributed by atoms with Gasteiger partial charge in [-0.2, -0.15) is 10.1 Å². The van der Waals surface area contributed by atoms with E-state index >= 15 is 0 Å². The van der Waals surface area contributed by atoms with Crippen molar-refractivity contribution in [2.24, 2.45) is 0 Å². The Labute approximate surface area is 139 Å². The van der Waals surface area contributed by atoms with Gasteiger partial charge >= 0.3 is 6.01 Å². The molecular formula is C13H13BrN6O3. The summed E-state index contributed by atoms with van der Waals surface area (Å²) in [5, 5.41) is 18.4. The second kappa shape index (κ2) is 6.42. The van der Waals surface area contributed by atoms with E-state index in [0.717, 1.165) is 4.47 Å². The molecule has 23 heavy (non-hydrogen) atoms. The molecule has 3 heterocycles. The van der Waals surface area contributed by atoms with Gasteiger partial charge < -0.3 is 14.4 Å². The molecule has 1 atom stereocenters. The molecule has 9 nitrogen and oxygen atoms in total. The number of hydrogen-bond acceptors (Lipinski definition) is 8. The molecule has 3 rings (SSSR count). The maximum Gasteiger partial charge on any atom is 0.316 e. The van der Waals surface area contributed by atoms with Gasteiger partial charge in [0, 0.05) is 18.6 Å². The van der Waals surface area contributed by atoms with Crippen LogP contribution in [0.15, 0.2) is 39.8 Å². The quantitative estimate of drug-likeness (QED) is 0.680. The lowest BCUT2D eigenvalue weighted by atomic mass is 10.1. The summed E-state index contributed by atoms with van der Waals surface area (Å²) in [5.74, 6) is 0.367. The van der Waals surface area contributed by atoms with Gasteiger partial charge in [-0.1, -0.05) is 5.16 Å². The predicted octanol–water partition coefficient (Wildman–Crippen LogP) is 1.31. The molecule has 120 valence electrons. The van der Waals surface area contributed by atoms with Crippen molar-refractivity contribution >= 4 is 15.9 Å². The largest absolute Gasteiger partial charge is 0.455 e. The second-order valence-electron chi connectivity index (χ2n) is 4.97. The molecule has 0 saturated heterocycles. The zero-order valence-electron chi connectivity index (χ0n) is 12.1. The Balaban J connectivity index is 1.65. The summed E-state index contributed by atoms with van der Waals surface area (Å²) < 4.78 is 12.8. The Morgan fingerprint density at radius 1 is 1.39 bits per heavy atom. The Hall–Kier alpha value is -2.33. The van der Waals surface area contributed by atoms with Crippen LogP contribution in [-0.2, 0) is 18.8 Å². The highest BCUT2D eigenvalue weighted by molar-refractivity contribution is 9.10. The van der Waals surface area contributed by atoms with Crippen molar-refractivity contribution in [3.8, 4) is 6.01 Å². The SMILES string of the molecule is CC(O)(Cn1cc(Br)cn1)c1nc(COc2ncccn2)no1. The number of halogens is 1. The molecule has 0 fully saturated rings. The summed E-state index contributed by atoms with van der Waals surface area (Å²) in [5.41, 5.74) is -1.36. The number of aromatic nitrogens is 6. The van der Waals surface area contributed by atoms with E-state index in [9.17, 15) is 5.11 Å². The minimum atomic E-state index is -1.36. The van der Waals surface area contributed by atoms with E-state index in [1.54, 1.807) is 42.5 Å². The van der Waals surface area contributed by atoms with Crippen molar-refractivity contribution in [2.45, 2.75) is 25.7 Å². The van der Waals surface area contributed by atoms with Crippen LogP contribution in [0.5, 0.6) is 6.01 Å². The summed E-state index contributed by atoms with van der Waals surface area (Å²) in [7, 11) is 0. The van der Waals surface area contributed by atoms with E-state index in [2.05, 4.69) is 41.1 Å². The summed E-state index contributed by atoms with van der Waals surface area (Å²) in [6.07, 6.45) is 6.50. The average Bonchev–Trinajstić information content (AvgIpc) is 3.15. The fourth-order valence-electron chi connectivity index (χ4n) is 1.83. The van der Waals surface area contributed by atoms with Crippen molar-refractivity contribution in [3.63, 3.8) is 0 Å². The van der Waals surface area contributed by atoms with Gasteiger partial charge in [0.05, 0.1) is 17.2 Å². The van der Waals surface area contributed by atoms with Crippen molar-refractivity contribution in [1.29, 1.82) is 0 Å². The maximum atomic E-state index is 10.5. The van der Waals surface area contributed by atoms with Gasteiger partial charge in [-0.25, -0.2) is 9.97 Å². The topological polar surface area (TPSA) is 112 Å². The first-order chi connectivity index (χ1) is 11.0. The van der Waals surface area contributed by atoms with Crippen molar-refractivity contribution in [3.05, 3.63) is 47.0 Å². The standard InChI is InChI=1S/C13H13BrN6O3/c1-13(21,8-20-6-9(14)5-17-20)11-18-10(19-23-11)7-22-12-15-3-2-4-16-12/h2-6,21H,7-8H2,1H3. The van der Waals surface area contributed by atoms with Crippen LogP contribution in [0.1, 0.15) is 18.6 Å². The van der Waals surface area contributed by atoms with Crippen molar-refractivity contribution in [2.75, 3.05) is 0 Å². The van der Waals surface area contributed by atoms with Crippen LogP contribution >= 0.6 is 15.9 Å². The smallest absolute Gasteiger partial charge is 0.316 e. The van der Waals surface area contributed by atoms with Gasteiger partial charge in [0.25, 0.3) is 5.89 Å². The third kappa shape index (κ3) is 3.90. The minimum absolute atomic E-state index is 0.0386. The lowest BCUT2D eigenvalue weighted by molar-refractivity contribution is 0.00307. The molecule has 3 aromatic heterocycles. The van der Waals surface area contributed by atoms with E-state index in [4.69, 9.17) is 9.26 Å². The number of rotatable bonds is 6. The van der Waals surface area contributed by atoms with Gasteiger partial charge in [-0.3, -0.25) is 4.68 Å². The van der Waals surface area contributed by atoms with Crippen LogP contribution in [0.3, 0.4) is 0 Å². The van der Waals surface area contributed by atoms with Crippen LogP contribution in [0.25, 0.3) is 0 Å². The molecule has 3 aromatic rings. The van der Waals surface area contributed by atoms with E-state index in [1.807, 2.05) is 0 Å². The van der Waals surface area contributed by atoms with E-state index in [1.165, 1.54) is 0 Å². The average molecular weight is 381 g/mol. The molecule has 0 spiro atoms. The van der Waals surface area contributed by atoms with Crippen LogP contribution in [0.4, 0.5) is 0 Å². The normalized spacial score (nSPS) is 13.7. The van der Waals surface area contributed by atoms with Crippen LogP contribution < -0.4 is 4.74 Å². The molecule has 1 N–H and O–H groups in total. The first-order valence-electron chi connectivity index (χ1n) is 6.66. The first kappa shape index (κ1) is 15.6. The fraction of sp³-hybridized carbons (Fsp3) is 0.308. The molecule has 1 unspecified atom stereocenters. The van der Waals surface area contributed by atoms with E-state index in [0.29, 0.717) is 0 Å². The number of aliphatic hydroxyl groups is 1. The number of hydrogen-bond donors (Lipinski definition) is 1. The van der Waals surface area contributed by atoms with Gasteiger partial charge in [0.15, 0.2) is 12.2 Å². The monoisotopic (exact) mass is 380 g/mol. The number of ether oxygens (including phenoxy) is 1. The summed E-state index contributed by atoms with van der Waals surface area (Å²) >= 11 is 3.30. The summed E-state index contributed by atoms with van der Waals surface area (Å²) in [6.45, 7) is 1.78. The highest BCUT2D eigenvalue weighted by Gasteiger charge is 2.31.